The molecule has 0 aliphatic carbocycles. The van der Waals surface area contributed by atoms with Gasteiger partial charge in [0.05, 0.1) is 26.0 Å². The van der Waals surface area contributed by atoms with Crippen LogP contribution in [-0.4, -0.2) is 59.0 Å². The Kier molecular flexibility index (Phi) is 6.88. The Labute approximate surface area is 156 Å². The topological polar surface area (TPSA) is 46.7 Å². The summed E-state index contributed by atoms with van der Waals surface area (Å²) in [6, 6.07) is 4.13. The molecule has 6 nitrogen and oxygen atoms in total. The fraction of sp³-hybridized carbons (Fsp3) is 0.650. The Bertz CT molecular complexity index is 673. The van der Waals surface area contributed by atoms with Gasteiger partial charge in [0.2, 0.25) is 0 Å². The Morgan fingerprint density at radius 3 is 2.62 bits per heavy atom. The van der Waals surface area contributed by atoms with E-state index in [0.29, 0.717) is 0 Å². The Morgan fingerprint density at radius 2 is 1.96 bits per heavy atom. The average Bonchev–Trinajstić information content (AvgIpc) is 3.21. The minimum absolute atomic E-state index is 0.841. The maximum absolute atomic E-state index is 5.82. The fourth-order valence-electron chi connectivity index (χ4n) is 3.55. The second kappa shape index (κ2) is 9.35. The van der Waals surface area contributed by atoms with E-state index >= 15 is 0 Å². The molecule has 144 valence electrons. The van der Waals surface area contributed by atoms with Crippen LogP contribution >= 0.6 is 0 Å². The molecule has 1 fully saturated rings. The van der Waals surface area contributed by atoms with E-state index in [1.54, 1.807) is 0 Å². The number of rotatable bonds is 9. The van der Waals surface area contributed by atoms with Crippen molar-refractivity contribution in [2.45, 2.75) is 46.8 Å². The Balaban J connectivity index is 1.59. The molecule has 0 bridgehead atoms. The maximum Gasteiger partial charge on any atom is 0.118 e. The van der Waals surface area contributed by atoms with Crippen LogP contribution < -0.4 is 0 Å². The maximum atomic E-state index is 5.82. The second-order valence-electron chi connectivity index (χ2n) is 7.10. The van der Waals surface area contributed by atoms with Crippen molar-refractivity contribution in [3.05, 3.63) is 41.1 Å². The molecule has 2 aromatic heterocycles. The SMILES string of the molecule is CCn1ncc(CN(CCCN2CCOCC2)Cc2ccc(C)o2)c1C. The van der Waals surface area contributed by atoms with Crippen molar-refractivity contribution in [2.75, 3.05) is 39.4 Å². The van der Waals surface area contributed by atoms with Gasteiger partial charge in [0.15, 0.2) is 0 Å². The number of ether oxygens (including phenoxy) is 1. The minimum atomic E-state index is 0.841. The van der Waals surface area contributed by atoms with Crippen LogP contribution in [0.4, 0.5) is 0 Å². The minimum Gasteiger partial charge on any atom is -0.465 e. The molecular weight excluding hydrogens is 328 g/mol. The molecule has 0 aromatic carbocycles. The Morgan fingerprint density at radius 1 is 1.15 bits per heavy atom. The number of furan rings is 1. The highest BCUT2D eigenvalue weighted by atomic mass is 16.5. The van der Waals surface area contributed by atoms with Crippen LogP contribution in [0.5, 0.6) is 0 Å². The van der Waals surface area contributed by atoms with Crippen LogP contribution in [-0.2, 0) is 24.4 Å². The quantitative estimate of drug-likeness (QED) is 0.688. The van der Waals surface area contributed by atoms with Crippen molar-refractivity contribution in [2.24, 2.45) is 0 Å². The highest BCUT2D eigenvalue weighted by molar-refractivity contribution is 5.16. The monoisotopic (exact) mass is 360 g/mol. The summed E-state index contributed by atoms with van der Waals surface area (Å²) < 4.78 is 13.3. The largest absolute Gasteiger partial charge is 0.465 e. The van der Waals surface area contributed by atoms with Gasteiger partial charge in [-0.05, 0) is 45.9 Å². The summed E-state index contributed by atoms with van der Waals surface area (Å²) in [4.78, 5) is 4.97. The first-order chi connectivity index (χ1) is 12.7. The van der Waals surface area contributed by atoms with Gasteiger partial charge < -0.3 is 9.15 Å². The number of morpholine rings is 1. The molecule has 3 rings (SSSR count). The predicted molar refractivity (Wildman–Crippen MR) is 102 cm³/mol. The van der Waals surface area contributed by atoms with Gasteiger partial charge >= 0.3 is 0 Å². The smallest absolute Gasteiger partial charge is 0.118 e. The van der Waals surface area contributed by atoms with Gasteiger partial charge in [-0.1, -0.05) is 0 Å². The van der Waals surface area contributed by atoms with Crippen LogP contribution in [0, 0.1) is 13.8 Å². The van der Waals surface area contributed by atoms with Crippen LogP contribution in [0.1, 0.15) is 36.1 Å². The summed E-state index contributed by atoms with van der Waals surface area (Å²) in [5, 5.41) is 4.50. The molecule has 0 spiro atoms. The molecule has 3 heterocycles. The van der Waals surface area contributed by atoms with Crippen molar-refractivity contribution < 1.29 is 9.15 Å². The first-order valence-electron chi connectivity index (χ1n) is 9.74. The highest BCUT2D eigenvalue weighted by Gasteiger charge is 2.15. The zero-order valence-corrected chi connectivity index (χ0v) is 16.4. The number of nitrogens with zero attached hydrogens (tertiary/aromatic N) is 4. The molecule has 0 saturated carbocycles. The summed E-state index contributed by atoms with van der Waals surface area (Å²) in [6.45, 7) is 15.0. The summed E-state index contributed by atoms with van der Waals surface area (Å²) in [5.74, 6) is 2.01. The van der Waals surface area contributed by atoms with Gasteiger partial charge in [-0.25, -0.2) is 0 Å². The lowest BCUT2D eigenvalue weighted by atomic mass is 10.2. The van der Waals surface area contributed by atoms with Gasteiger partial charge in [0.25, 0.3) is 0 Å². The van der Waals surface area contributed by atoms with E-state index in [-0.39, 0.29) is 0 Å². The number of hydrogen-bond donors (Lipinski definition) is 0. The van der Waals surface area contributed by atoms with E-state index in [2.05, 4.69) is 39.5 Å². The Hall–Kier alpha value is -1.63. The molecule has 0 radical (unpaired) electrons. The first kappa shape index (κ1) is 19.1. The lowest BCUT2D eigenvalue weighted by molar-refractivity contribution is 0.0358. The normalized spacial score (nSPS) is 15.8. The molecule has 0 atom stereocenters. The molecular formula is C20H32N4O2. The lowest BCUT2D eigenvalue weighted by Crippen LogP contribution is -2.38. The summed E-state index contributed by atoms with van der Waals surface area (Å²) >= 11 is 0. The molecule has 1 saturated heterocycles. The summed E-state index contributed by atoms with van der Waals surface area (Å²) in [6.07, 6.45) is 3.17. The van der Waals surface area contributed by atoms with Gasteiger partial charge in [-0.15, -0.1) is 0 Å². The van der Waals surface area contributed by atoms with E-state index in [0.717, 1.165) is 77.0 Å². The third-order valence-corrected chi connectivity index (χ3v) is 5.13. The number of aromatic nitrogens is 2. The standard InChI is InChI=1S/C20H32N4O2/c1-4-24-18(3)19(14-21-24)15-23(16-20-7-6-17(2)26-20)9-5-8-22-10-12-25-13-11-22/h6-7,14H,4-5,8-13,15-16H2,1-3H3. The lowest BCUT2D eigenvalue weighted by Gasteiger charge is -2.28. The molecule has 0 amide bonds. The van der Waals surface area contributed by atoms with E-state index in [1.807, 2.05) is 19.2 Å². The summed E-state index contributed by atoms with van der Waals surface area (Å²) in [7, 11) is 0. The summed E-state index contributed by atoms with van der Waals surface area (Å²) in [5.41, 5.74) is 2.57. The fourth-order valence-corrected chi connectivity index (χ4v) is 3.55. The van der Waals surface area contributed by atoms with Gasteiger partial charge in [-0.2, -0.15) is 5.10 Å². The third kappa shape index (κ3) is 5.19. The molecule has 1 aliphatic rings. The van der Waals surface area contributed by atoms with Crippen molar-refractivity contribution in [1.82, 2.24) is 19.6 Å². The molecule has 0 N–H and O–H groups in total. The van der Waals surface area contributed by atoms with Crippen LogP contribution in [0.2, 0.25) is 0 Å². The zero-order valence-electron chi connectivity index (χ0n) is 16.4. The molecule has 1 aliphatic heterocycles. The van der Waals surface area contributed by atoms with Crippen molar-refractivity contribution >= 4 is 0 Å². The third-order valence-electron chi connectivity index (χ3n) is 5.13. The first-order valence-corrected chi connectivity index (χ1v) is 9.74. The van der Waals surface area contributed by atoms with Crippen LogP contribution in [0.3, 0.4) is 0 Å². The molecule has 6 heteroatoms. The number of aryl methyl sites for hydroxylation is 2. The second-order valence-corrected chi connectivity index (χ2v) is 7.10. The van der Waals surface area contributed by atoms with Crippen LogP contribution in [0.25, 0.3) is 0 Å². The molecule has 0 unspecified atom stereocenters. The van der Waals surface area contributed by atoms with E-state index in [1.165, 1.54) is 11.3 Å². The van der Waals surface area contributed by atoms with Gasteiger partial charge in [0.1, 0.15) is 11.5 Å². The van der Waals surface area contributed by atoms with Crippen molar-refractivity contribution in [3.63, 3.8) is 0 Å². The van der Waals surface area contributed by atoms with Gasteiger partial charge in [0, 0.05) is 44.0 Å². The average molecular weight is 361 g/mol. The van der Waals surface area contributed by atoms with Crippen LogP contribution in [0.15, 0.2) is 22.7 Å². The predicted octanol–water partition coefficient (Wildman–Crippen LogP) is 2.84. The van der Waals surface area contributed by atoms with Gasteiger partial charge in [-0.3, -0.25) is 14.5 Å². The van der Waals surface area contributed by atoms with E-state index in [4.69, 9.17) is 9.15 Å². The van der Waals surface area contributed by atoms with Crippen molar-refractivity contribution in [3.8, 4) is 0 Å². The van der Waals surface area contributed by atoms with Crippen molar-refractivity contribution in [1.29, 1.82) is 0 Å². The highest BCUT2D eigenvalue weighted by Crippen LogP contribution is 2.16. The van der Waals surface area contributed by atoms with E-state index < -0.39 is 0 Å². The molecule has 2 aromatic rings. The number of hydrogen-bond acceptors (Lipinski definition) is 5. The zero-order chi connectivity index (χ0) is 18.4. The molecule has 26 heavy (non-hydrogen) atoms. The van der Waals surface area contributed by atoms with E-state index in [9.17, 15) is 0 Å².